The van der Waals surface area contributed by atoms with E-state index in [-0.39, 0.29) is 37.4 Å². The second-order valence-corrected chi connectivity index (χ2v) is 14.0. The highest BCUT2D eigenvalue weighted by Gasteiger charge is 2.74. The van der Waals surface area contributed by atoms with Crippen LogP contribution in [0.3, 0.4) is 0 Å². The summed E-state index contributed by atoms with van der Waals surface area (Å²) in [5, 5.41) is 12.4. The summed E-state index contributed by atoms with van der Waals surface area (Å²) in [4.78, 5) is 60.1. The molecule has 4 aliphatic rings. The van der Waals surface area contributed by atoms with E-state index in [1.165, 1.54) is 7.11 Å². The number of amides is 3. The molecule has 5 rings (SSSR count). The first-order chi connectivity index (χ1) is 23.3. The fourth-order valence-electron chi connectivity index (χ4n) is 7.52. The molecule has 2 N–H and O–H groups in total. The van der Waals surface area contributed by atoms with E-state index in [9.17, 15) is 24.3 Å². The maximum Gasteiger partial charge on any atom is 0.313 e. The Hall–Kier alpha value is -3.06. The Morgan fingerprint density at radius 3 is 2.50 bits per heavy atom. The molecule has 4 heterocycles. The lowest BCUT2D eigenvalue weighted by Crippen LogP contribution is -2.56. The monoisotopic (exact) mass is 729 g/mol. The molecule has 3 amide bonds. The fraction of sp³-hybridized carbons (Fsp3) is 0.611. The van der Waals surface area contributed by atoms with Crippen molar-refractivity contribution in [3.8, 4) is 0 Å². The Balaban J connectivity index is 1.58. The molecular weight excluding hydrogens is 682 g/mol. The zero-order valence-corrected chi connectivity index (χ0v) is 29.4. The lowest BCUT2D eigenvalue weighted by Gasteiger charge is -2.36. The number of allylic oxidation sites excluding steroid dienone is 1. The van der Waals surface area contributed by atoms with Crippen LogP contribution in [0.1, 0.15) is 70.0 Å². The number of methoxy groups -OCH3 is 1. The highest BCUT2D eigenvalue weighted by atomic mass is 79.9. The second-order valence-electron chi connectivity index (χ2n) is 13.0. The van der Waals surface area contributed by atoms with Crippen LogP contribution in [0.4, 0.5) is 0 Å². The maximum atomic E-state index is 14.7. The smallest absolute Gasteiger partial charge is 0.313 e. The van der Waals surface area contributed by atoms with E-state index in [0.717, 1.165) is 19.3 Å². The number of hydrogen-bond acceptors (Lipinski definition) is 8. The van der Waals surface area contributed by atoms with Gasteiger partial charge in [0.2, 0.25) is 17.7 Å². The van der Waals surface area contributed by atoms with Gasteiger partial charge in [-0.1, -0.05) is 78.2 Å². The molecule has 1 aromatic rings. The number of likely N-dealkylation sites (tertiary alicyclic amines) is 1. The minimum atomic E-state index is -1.36. The number of nitrogens with zero attached hydrogens (tertiary/aromatic N) is 2. The number of carbonyl (C=O) groups is 4. The standard InChI is InChI=1S/C36H48BrN3O8/c1-3-4-11-18-39-19-12-6-10-17-27(42)38-26(23-46-2)30(24-15-8-5-9-16-24)47-35(45)28-29-33(43)40(20-13-7-14-21-41)32(34(39)44)36(29)22-25(37)31(28)48-36/h5-6,8-9,12,15-16,22,26,28-32,41H,3-4,7,10-11,13-14,17-21,23H2,1-2H3,(H,38,42)/b12-6-/t26-,28+,29-,30-,31+,32+,36-/m1/s1. The van der Waals surface area contributed by atoms with Gasteiger partial charge in [-0.2, -0.15) is 0 Å². The molecule has 1 aromatic carbocycles. The molecule has 262 valence electrons. The van der Waals surface area contributed by atoms with Crippen molar-refractivity contribution in [2.45, 2.75) is 88.2 Å². The van der Waals surface area contributed by atoms with Crippen LogP contribution in [0.5, 0.6) is 0 Å². The van der Waals surface area contributed by atoms with Gasteiger partial charge in [0.05, 0.1) is 18.6 Å². The number of fused-ring (bicyclic) bond motifs is 2. The number of unbranched alkanes of at least 4 members (excludes halogenated alkanes) is 4. The van der Waals surface area contributed by atoms with E-state index < -0.39 is 47.7 Å². The minimum absolute atomic E-state index is 0.0436. The van der Waals surface area contributed by atoms with Crippen molar-refractivity contribution < 1.29 is 38.5 Å². The molecule has 2 saturated heterocycles. The number of ether oxygens (including phenoxy) is 3. The van der Waals surface area contributed by atoms with Gasteiger partial charge < -0.3 is 34.4 Å². The Morgan fingerprint density at radius 1 is 1.00 bits per heavy atom. The van der Waals surface area contributed by atoms with Crippen molar-refractivity contribution in [3.63, 3.8) is 0 Å². The highest BCUT2D eigenvalue weighted by molar-refractivity contribution is 9.11. The zero-order valence-electron chi connectivity index (χ0n) is 27.9. The number of cyclic esters (lactones) is 1. The predicted octanol–water partition coefficient (Wildman–Crippen LogP) is 3.81. The third-order valence-corrected chi connectivity index (χ3v) is 10.5. The quantitative estimate of drug-likeness (QED) is 0.189. The summed E-state index contributed by atoms with van der Waals surface area (Å²) in [6.07, 6.45) is 9.13. The summed E-state index contributed by atoms with van der Waals surface area (Å²) in [5.74, 6) is -3.42. The van der Waals surface area contributed by atoms with E-state index >= 15 is 0 Å². The SMILES string of the molecule is CCCCCN1C/C=C\CCC(=O)N[C@H](COC)[C@@H](c2ccccc2)OC(=O)[C@@H]2[C@H]3O[C@@]4(C=C3Br)[C@H](C1=O)N(CCCCCO)C(=O)[C@@H]24. The number of nitrogens with one attached hydrogen (secondary N) is 1. The van der Waals surface area contributed by atoms with Crippen LogP contribution in [0.15, 0.2) is 53.0 Å². The third kappa shape index (κ3) is 7.41. The van der Waals surface area contributed by atoms with Crippen LogP contribution in [-0.2, 0) is 33.4 Å². The molecule has 1 spiro atoms. The number of aliphatic hydroxyl groups is 1. The van der Waals surface area contributed by atoms with Crippen molar-refractivity contribution in [1.82, 2.24) is 15.1 Å². The van der Waals surface area contributed by atoms with Gasteiger partial charge in [0.25, 0.3) is 0 Å². The number of hydrogen-bond donors (Lipinski definition) is 2. The summed E-state index contributed by atoms with van der Waals surface area (Å²) >= 11 is 3.62. The molecule has 0 aromatic heterocycles. The van der Waals surface area contributed by atoms with Crippen LogP contribution in [-0.4, -0.2) is 102 Å². The lowest BCUT2D eigenvalue weighted by molar-refractivity contribution is -0.162. The van der Waals surface area contributed by atoms with Gasteiger partial charge in [0, 0.05) is 44.3 Å². The summed E-state index contributed by atoms with van der Waals surface area (Å²) in [6, 6.07) is 7.48. The Bertz CT molecular complexity index is 1370. The topological polar surface area (TPSA) is 135 Å². The number of esters is 1. The molecule has 4 aliphatic heterocycles. The molecule has 0 aliphatic carbocycles. The Kier molecular flexibility index (Phi) is 12.5. The van der Waals surface area contributed by atoms with Crippen LogP contribution in [0, 0.1) is 11.8 Å². The Labute approximate surface area is 291 Å². The molecule has 7 atom stereocenters. The number of carbonyl (C=O) groups excluding carboxylic acids is 4. The maximum absolute atomic E-state index is 14.7. The van der Waals surface area contributed by atoms with Gasteiger partial charge in [-0.25, -0.2) is 0 Å². The van der Waals surface area contributed by atoms with Gasteiger partial charge in [0.15, 0.2) is 0 Å². The molecule has 12 heteroatoms. The van der Waals surface area contributed by atoms with Crippen LogP contribution in [0.25, 0.3) is 0 Å². The highest BCUT2D eigenvalue weighted by Crippen LogP contribution is 2.59. The van der Waals surface area contributed by atoms with E-state index in [0.29, 0.717) is 55.4 Å². The largest absolute Gasteiger partial charge is 0.455 e. The minimum Gasteiger partial charge on any atom is -0.455 e. The molecule has 0 unspecified atom stereocenters. The molecular formula is C36H48BrN3O8. The average molecular weight is 731 g/mol. The molecule has 0 radical (unpaired) electrons. The lowest BCUT2D eigenvalue weighted by atomic mass is 9.74. The molecule has 11 nitrogen and oxygen atoms in total. The third-order valence-electron chi connectivity index (χ3n) is 9.79. The van der Waals surface area contributed by atoms with Gasteiger partial charge in [-0.3, -0.25) is 19.2 Å². The number of aliphatic hydroxyl groups excluding tert-OH is 1. The summed E-state index contributed by atoms with van der Waals surface area (Å²) in [7, 11) is 1.52. The first-order valence-corrected chi connectivity index (χ1v) is 18.0. The van der Waals surface area contributed by atoms with Crippen molar-refractivity contribution in [2.24, 2.45) is 11.8 Å². The van der Waals surface area contributed by atoms with Crippen molar-refractivity contribution in [3.05, 3.63) is 58.6 Å². The van der Waals surface area contributed by atoms with Crippen molar-refractivity contribution in [2.75, 3.05) is 40.0 Å². The van der Waals surface area contributed by atoms with Crippen molar-refractivity contribution >= 4 is 39.6 Å². The van der Waals surface area contributed by atoms with Crippen LogP contribution >= 0.6 is 15.9 Å². The number of benzene rings is 1. The molecule has 5 bridgehead atoms. The van der Waals surface area contributed by atoms with E-state index in [2.05, 4.69) is 28.2 Å². The Morgan fingerprint density at radius 2 is 1.77 bits per heavy atom. The first-order valence-electron chi connectivity index (χ1n) is 17.2. The van der Waals surface area contributed by atoms with E-state index in [1.54, 1.807) is 9.80 Å². The van der Waals surface area contributed by atoms with Crippen molar-refractivity contribution in [1.29, 1.82) is 0 Å². The fourth-order valence-corrected chi connectivity index (χ4v) is 8.26. The van der Waals surface area contributed by atoms with Crippen LogP contribution < -0.4 is 5.32 Å². The summed E-state index contributed by atoms with van der Waals surface area (Å²) < 4.78 is 19.0. The number of halogens is 1. The number of rotatable bonds is 12. The molecule has 48 heavy (non-hydrogen) atoms. The second kappa shape index (κ2) is 16.6. The molecule has 0 saturated carbocycles. The van der Waals surface area contributed by atoms with Gasteiger partial charge in [-0.05, 0) is 43.7 Å². The normalized spacial score (nSPS) is 31.5. The van der Waals surface area contributed by atoms with E-state index in [4.69, 9.17) is 14.2 Å². The van der Waals surface area contributed by atoms with Gasteiger partial charge in [-0.15, -0.1) is 0 Å². The molecule has 2 fully saturated rings. The zero-order chi connectivity index (χ0) is 34.3. The summed E-state index contributed by atoms with van der Waals surface area (Å²) in [6.45, 7) is 3.33. The predicted molar refractivity (Wildman–Crippen MR) is 182 cm³/mol. The van der Waals surface area contributed by atoms with Gasteiger partial charge >= 0.3 is 5.97 Å². The average Bonchev–Trinajstić information content (AvgIpc) is 3.67. The van der Waals surface area contributed by atoms with E-state index in [1.807, 2.05) is 48.6 Å². The summed E-state index contributed by atoms with van der Waals surface area (Å²) in [5.41, 5.74) is -0.694. The van der Waals surface area contributed by atoms with Crippen LogP contribution in [0.2, 0.25) is 0 Å². The first kappa shape index (κ1) is 36.2. The van der Waals surface area contributed by atoms with Gasteiger partial charge in [0.1, 0.15) is 29.8 Å².